The van der Waals surface area contributed by atoms with Crippen LogP contribution in [0.3, 0.4) is 0 Å². The van der Waals surface area contributed by atoms with E-state index >= 15 is 0 Å². The van der Waals surface area contributed by atoms with Crippen molar-refractivity contribution in [2.45, 2.75) is 58.5 Å². The Morgan fingerprint density at radius 1 is 1.00 bits per heavy atom. The molecule has 0 saturated carbocycles. The molecule has 3 unspecified atom stereocenters. The number of hydrogen-bond donors (Lipinski definition) is 1. The molecule has 3 aliphatic rings. The van der Waals surface area contributed by atoms with Crippen molar-refractivity contribution in [1.82, 2.24) is 20.0 Å². The average molecular weight is 426 g/mol. The van der Waals surface area contributed by atoms with E-state index in [2.05, 4.69) is 64.2 Å². The molecule has 3 saturated heterocycles. The number of hydrogen-bond acceptors (Lipinski definition) is 3. The van der Waals surface area contributed by atoms with Crippen LogP contribution in [0, 0.1) is 11.8 Å². The van der Waals surface area contributed by atoms with Crippen LogP contribution in [0.15, 0.2) is 35.3 Å². The molecule has 3 heterocycles. The maximum atomic E-state index is 5.15. The van der Waals surface area contributed by atoms with E-state index in [4.69, 9.17) is 4.99 Å². The summed E-state index contributed by atoms with van der Waals surface area (Å²) in [5.41, 5.74) is 1.45. The summed E-state index contributed by atoms with van der Waals surface area (Å²) in [4.78, 5) is 13.1. The summed E-state index contributed by atoms with van der Waals surface area (Å²) in [6, 6.07) is 11.7. The summed E-state index contributed by atoms with van der Waals surface area (Å²) in [6.07, 6.45) is 6.60. The molecule has 3 atom stereocenters. The Labute approximate surface area is 189 Å². The molecule has 0 bridgehead atoms. The first kappa shape index (κ1) is 22.6. The van der Waals surface area contributed by atoms with Crippen molar-refractivity contribution < 1.29 is 0 Å². The van der Waals surface area contributed by atoms with Crippen molar-refractivity contribution in [3.05, 3.63) is 35.9 Å². The predicted molar refractivity (Wildman–Crippen MR) is 130 cm³/mol. The highest BCUT2D eigenvalue weighted by Gasteiger charge is 2.36. The minimum Gasteiger partial charge on any atom is -0.357 e. The van der Waals surface area contributed by atoms with Gasteiger partial charge in [-0.3, -0.25) is 9.89 Å². The second kappa shape index (κ2) is 11.3. The normalized spacial score (nSPS) is 28.4. The van der Waals surface area contributed by atoms with E-state index in [0.717, 1.165) is 56.6 Å². The number of benzene rings is 1. The molecular formula is C26H43N5. The van der Waals surface area contributed by atoms with Gasteiger partial charge in [0.05, 0.1) is 0 Å². The van der Waals surface area contributed by atoms with Gasteiger partial charge in [0.25, 0.3) is 0 Å². The van der Waals surface area contributed by atoms with Crippen LogP contribution >= 0.6 is 0 Å². The van der Waals surface area contributed by atoms with Crippen LogP contribution < -0.4 is 5.32 Å². The molecule has 172 valence electrons. The third-order valence-electron chi connectivity index (χ3n) is 7.60. The summed E-state index contributed by atoms with van der Waals surface area (Å²) in [5.74, 6) is 2.64. The van der Waals surface area contributed by atoms with Gasteiger partial charge in [-0.2, -0.15) is 0 Å². The highest BCUT2D eigenvalue weighted by Crippen LogP contribution is 2.31. The summed E-state index contributed by atoms with van der Waals surface area (Å²) < 4.78 is 0. The van der Waals surface area contributed by atoms with Gasteiger partial charge in [-0.1, -0.05) is 37.3 Å². The lowest BCUT2D eigenvalue weighted by Crippen LogP contribution is -2.56. The quantitative estimate of drug-likeness (QED) is 0.557. The second-order valence-corrected chi connectivity index (χ2v) is 9.76. The second-order valence-electron chi connectivity index (χ2n) is 9.76. The number of nitrogens with zero attached hydrogens (tertiary/aromatic N) is 4. The smallest absolute Gasteiger partial charge is 0.193 e. The van der Waals surface area contributed by atoms with Crippen molar-refractivity contribution in [2.75, 3.05) is 52.4 Å². The SMILES string of the molecule is CCNC(=NCC1CCCN(CC)C1)N1CCC2C(CCCN2Cc2ccccc2)C1. The number of aliphatic imine (C=N–C) groups is 1. The number of guanidine groups is 1. The Morgan fingerprint density at radius 3 is 2.65 bits per heavy atom. The van der Waals surface area contributed by atoms with Crippen LogP contribution in [-0.4, -0.2) is 79.1 Å². The standard InChI is InChI=1S/C26H43N5/c1-3-27-26(28-18-23-12-8-15-29(4-2)19-23)31-17-14-25-24(21-31)13-9-16-30(25)20-22-10-6-5-7-11-22/h5-7,10-11,23-25H,3-4,8-9,12-21H2,1-2H3,(H,27,28). The maximum Gasteiger partial charge on any atom is 0.193 e. The molecule has 1 aromatic carbocycles. The molecule has 0 aliphatic carbocycles. The topological polar surface area (TPSA) is 34.1 Å². The molecule has 0 amide bonds. The fraction of sp³-hybridized carbons (Fsp3) is 0.731. The van der Waals surface area contributed by atoms with Crippen molar-refractivity contribution in [3.8, 4) is 0 Å². The summed E-state index contributed by atoms with van der Waals surface area (Å²) >= 11 is 0. The number of fused-ring (bicyclic) bond motifs is 1. The van der Waals surface area contributed by atoms with Gasteiger partial charge in [0, 0.05) is 45.3 Å². The van der Waals surface area contributed by atoms with Gasteiger partial charge in [0.2, 0.25) is 0 Å². The summed E-state index contributed by atoms with van der Waals surface area (Å²) in [7, 11) is 0. The minimum atomic E-state index is 0.718. The van der Waals surface area contributed by atoms with E-state index in [9.17, 15) is 0 Å². The first-order valence-corrected chi connectivity index (χ1v) is 12.8. The van der Waals surface area contributed by atoms with Crippen molar-refractivity contribution >= 4 is 5.96 Å². The minimum absolute atomic E-state index is 0.718. The molecule has 1 aromatic rings. The monoisotopic (exact) mass is 425 g/mol. The zero-order chi connectivity index (χ0) is 21.5. The van der Waals surface area contributed by atoms with Crippen LogP contribution in [0.1, 0.15) is 51.5 Å². The van der Waals surface area contributed by atoms with Gasteiger partial charge in [-0.05, 0) is 76.1 Å². The molecule has 5 nitrogen and oxygen atoms in total. The van der Waals surface area contributed by atoms with E-state index in [-0.39, 0.29) is 0 Å². The molecule has 0 aromatic heterocycles. The largest absolute Gasteiger partial charge is 0.357 e. The molecule has 31 heavy (non-hydrogen) atoms. The van der Waals surface area contributed by atoms with Crippen LogP contribution in [0.25, 0.3) is 0 Å². The average Bonchev–Trinajstić information content (AvgIpc) is 2.82. The van der Waals surface area contributed by atoms with Gasteiger partial charge in [-0.15, -0.1) is 0 Å². The van der Waals surface area contributed by atoms with Gasteiger partial charge in [-0.25, -0.2) is 0 Å². The Bertz CT molecular complexity index is 690. The molecule has 0 radical (unpaired) electrons. The number of nitrogens with one attached hydrogen (secondary N) is 1. The third-order valence-corrected chi connectivity index (χ3v) is 7.60. The Hall–Kier alpha value is -1.59. The van der Waals surface area contributed by atoms with Crippen molar-refractivity contribution in [1.29, 1.82) is 0 Å². The lowest BCUT2D eigenvalue weighted by Gasteiger charge is -2.48. The van der Waals surface area contributed by atoms with E-state index in [1.807, 2.05) is 0 Å². The van der Waals surface area contributed by atoms with Gasteiger partial charge in [0.15, 0.2) is 5.96 Å². The van der Waals surface area contributed by atoms with Gasteiger partial charge in [0.1, 0.15) is 0 Å². The maximum absolute atomic E-state index is 5.15. The number of likely N-dealkylation sites (tertiary alicyclic amines) is 3. The lowest BCUT2D eigenvalue weighted by atomic mass is 9.83. The van der Waals surface area contributed by atoms with E-state index in [0.29, 0.717) is 0 Å². The van der Waals surface area contributed by atoms with Crippen molar-refractivity contribution in [2.24, 2.45) is 16.8 Å². The molecule has 4 rings (SSSR count). The van der Waals surface area contributed by atoms with Crippen LogP contribution in [0.4, 0.5) is 0 Å². The molecule has 3 aliphatic heterocycles. The van der Waals surface area contributed by atoms with Crippen molar-refractivity contribution in [3.63, 3.8) is 0 Å². The van der Waals surface area contributed by atoms with Crippen LogP contribution in [0.5, 0.6) is 0 Å². The van der Waals surface area contributed by atoms with E-state index < -0.39 is 0 Å². The fourth-order valence-corrected chi connectivity index (χ4v) is 5.94. The summed E-state index contributed by atoms with van der Waals surface area (Å²) in [6.45, 7) is 14.7. The zero-order valence-electron chi connectivity index (χ0n) is 19.8. The number of piperidine rings is 3. The Morgan fingerprint density at radius 2 is 1.84 bits per heavy atom. The first-order valence-electron chi connectivity index (χ1n) is 12.8. The zero-order valence-corrected chi connectivity index (χ0v) is 19.8. The van der Waals surface area contributed by atoms with E-state index in [1.54, 1.807) is 0 Å². The fourth-order valence-electron chi connectivity index (χ4n) is 5.94. The Kier molecular flexibility index (Phi) is 8.26. The predicted octanol–water partition coefficient (Wildman–Crippen LogP) is 3.67. The highest BCUT2D eigenvalue weighted by molar-refractivity contribution is 5.80. The van der Waals surface area contributed by atoms with Gasteiger partial charge < -0.3 is 15.1 Å². The lowest BCUT2D eigenvalue weighted by molar-refractivity contribution is 0.0372. The molecule has 5 heteroatoms. The Balaban J connectivity index is 1.36. The number of rotatable bonds is 6. The van der Waals surface area contributed by atoms with Crippen LogP contribution in [-0.2, 0) is 6.54 Å². The molecular weight excluding hydrogens is 382 g/mol. The van der Waals surface area contributed by atoms with Crippen LogP contribution in [0.2, 0.25) is 0 Å². The molecule has 3 fully saturated rings. The summed E-state index contributed by atoms with van der Waals surface area (Å²) in [5, 5.41) is 3.61. The molecule has 1 N–H and O–H groups in total. The van der Waals surface area contributed by atoms with E-state index in [1.165, 1.54) is 63.8 Å². The highest BCUT2D eigenvalue weighted by atomic mass is 15.3. The third kappa shape index (κ3) is 6.01. The first-order chi connectivity index (χ1) is 15.3. The molecule has 0 spiro atoms. The van der Waals surface area contributed by atoms with Gasteiger partial charge >= 0.3 is 0 Å².